The van der Waals surface area contributed by atoms with Crippen molar-refractivity contribution in [2.24, 2.45) is 0 Å². The van der Waals surface area contributed by atoms with Crippen molar-refractivity contribution in [3.05, 3.63) is 52.9 Å². The lowest BCUT2D eigenvalue weighted by Gasteiger charge is -2.23. The van der Waals surface area contributed by atoms with Gasteiger partial charge < -0.3 is 14.9 Å². The number of amides is 1. The molecular weight excluding hydrogens is 284 g/mol. The Morgan fingerprint density at radius 3 is 2.59 bits per heavy atom. The first kappa shape index (κ1) is 15.8. The maximum Gasteiger partial charge on any atom is 0.374 e. The number of rotatable bonds is 5. The van der Waals surface area contributed by atoms with E-state index in [4.69, 9.17) is 9.63 Å². The van der Waals surface area contributed by atoms with E-state index >= 15 is 0 Å². The third-order valence-electron chi connectivity index (χ3n) is 3.43. The third kappa shape index (κ3) is 3.52. The predicted octanol–water partition coefficient (Wildman–Crippen LogP) is 2.28. The van der Waals surface area contributed by atoms with Crippen molar-refractivity contribution in [2.75, 3.05) is 0 Å². The molecule has 1 amide bonds. The van der Waals surface area contributed by atoms with Gasteiger partial charge in [-0.05, 0) is 31.9 Å². The van der Waals surface area contributed by atoms with Crippen LogP contribution in [-0.4, -0.2) is 22.1 Å². The van der Waals surface area contributed by atoms with Crippen LogP contribution in [-0.2, 0) is 16.8 Å². The van der Waals surface area contributed by atoms with Crippen molar-refractivity contribution >= 4 is 11.9 Å². The molecule has 1 heterocycles. The van der Waals surface area contributed by atoms with Crippen LogP contribution in [0.15, 0.2) is 34.9 Å². The SMILES string of the molecule is Cc1ccccc1CC(=O)NC(C)(C)c1cc(C(=O)O)on1. The second kappa shape index (κ2) is 6.01. The topological polar surface area (TPSA) is 92.4 Å². The number of carbonyl (C=O) groups is 2. The van der Waals surface area contributed by atoms with Crippen molar-refractivity contribution < 1.29 is 19.2 Å². The molecule has 2 N–H and O–H groups in total. The van der Waals surface area contributed by atoms with E-state index in [0.29, 0.717) is 5.69 Å². The second-order valence-electron chi connectivity index (χ2n) is 5.66. The molecule has 1 aromatic carbocycles. The van der Waals surface area contributed by atoms with Gasteiger partial charge in [-0.1, -0.05) is 29.4 Å². The van der Waals surface area contributed by atoms with E-state index in [1.807, 2.05) is 31.2 Å². The van der Waals surface area contributed by atoms with Gasteiger partial charge in [0.15, 0.2) is 0 Å². The van der Waals surface area contributed by atoms with E-state index in [9.17, 15) is 9.59 Å². The van der Waals surface area contributed by atoms with E-state index in [2.05, 4.69) is 10.5 Å². The zero-order valence-electron chi connectivity index (χ0n) is 12.7. The fourth-order valence-corrected chi connectivity index (χ4v) is 2.11. The van der Waals surface area contributed by atoms with Crippen LogP contribution in [0.5, 0.6) is 0 Å². The summed E-state index contributed by atoms with van der Waals surface area (Å²) in [6.07, 6.45) is 0.250. The average Bonchev–Trinajstić information content (AvgIpc) is 2.91. The molecule has 22 heavy (non-hydrogen) atoms. The van der Waals surface area contributed by atoms with Crippen LogP contribution in [0.2, 0.25) is 0 Å². The molecular formula is C16H18N2O4. The van der Waals surface area contributed by atoms with Crippen LogP contribution >= 0.6 is 0 Å². The number of benzene rings is 1. The summed E-state index contributed by atoms with van der Waals surface area (Å²) in [5.74, 6) is -1.61. The first-order valence-corrected chi connectivity index (χ1v) is 6.85. The Hall–Kier alpha value is -2.63. The fourth-order valence-electron chi connectivity index (χ4n) is 2.11. The summed E-state index contributed by atoms with van der Waals surface area (Å²) < 4.78 is 4.73. The maximum absolute atomic E-state index is 12.2. The summed E-state index contributed by atoms with van der Waals surface area (Å²) in [4.78, 5) is 23.0. The van der Waals surface area contributed by atoms with Crippen LogP contribution in [0.1, 0.15) is 41.2 Å². The number of carboxylic acids is 1. The zero-order chi connectivity index (χ0) is 16.3. The Bertz CT molecular complexity index is 704. The zero-order valence-corrected chi connectivity index (χ0v) is 12.7. The molecule has 0 aliphatic rings. The Morgan fingerprint density at radius 1 is 1.32 bits per heavy atom. The molecule has 0 radical (unpaired) electrons. The van der Waals surface area contributed by atoms with Gasteiger partial charge in [-0.3, -0.25) is 4.79 Å². The Morgan fingerprint density at radius 2 is 2.00 bits per heavy atom. The first-order valence-electron chi connectivity index (χ1n) is 6.85. The molecule has 1 aromatic heterocycles. The molecule has 0 aliphatic heterocycles. The fraction of sp³-hybridized carbons (Fsp3) is 0.312. The summed E-state index contributed by atoms with van der Waals surface area (Å²) in [5.41, 5.74) is 1.53. The highest BCUT2D eigenvalue weighted by Gasteiger charge is 2.28. The highest BCUT2D eigenvalue weighted by atomic mass is 16.5. The molecule has 0 bridgehead atoms. The molecule has 2 rings (SSSR count). The number of hydrogen-bond acceptors (Lipinski definition) is 4. The minimum absolute atomic E-state index is 0.167. The standard InChI is InChI=1S/C16H18N2O4/c1-10-6-4-5-7-11(10)8-14(19)17-16(2,3)13-9-12(15(20)21)22-18-13/h4-7,9H,8H2,1-3H3,(H,17,19)(H,20,21). The Balaban J connectivity index is 2.09. The number of nitrogens with one attached hydrogen (secondary N) is 1. The van der Waals surface area contributed by atoms with E-state index in [1.165, 1.54) is 6.07 Å². The lowest BCUT2D eigenvalue weighted by Crippen LogP contribution is -2.42. The molecule has 0 saturated heterocycles. The van der Waals surface area contributed by atoms with Crippen LogP contribution in [0.4, 0.5) is 0 Å². The van der Waals surface area contributed by atoms with Gasteiger partial charge in [0.1, 0.15) is 5.69 Å². The van der Waals surface area contributed by atoms with Gasteiger partial charge in [-0.2, -0.15) is 0 Å². The quantitative estimate of drug-likeness (QED) is 0.884. The van der Waals surface area contributed by atoms with E-state index in [1.54, 1.807) is 13.8 Å². The number of aryl methyl sites for hydroxylation is 1. The summed E-state index contributed by atoms with van der Waals surface area (Å²) in [6, 6.07) is 8.97. The molecule has 0 unspecified atom stereocenters. The van der Waals surface area contributed by atoms with Gasteiger partial charge in [0.25, 0.3) is 0 Å². The molecule has 0 atom stereocenters. The molecule has 6 nitrogen and oxygen atoms in total. The largest absolute Gasteiger partial charge is 0.475 e. The first-order chi connectivity index (χ1) is 10.3. The Kier molecular flexibility index (Phi) is 4.30. The van der Waals surface area contributed by atoms with Crippen molar-refractivity contribution in [2.45, 2.75) is 32.7 Å². The smallest absolute Gasteiger partial charge is 0.374 e. The van der Waals surface area contributed by atoms with Gasteiger partial charge >= 0.3 is 5.97 Å². The van der Waals surface area contributed by atoms with E-state index in [0.717, 1.165) is 11.1 Å². The molecule has 0 fully saturated rings. The summed E-state index contributed by atoms with van der Waals surface area (Å²) >= 11 is 0. The van der Waals surface area contributed by atoms with Crippen molar-refractivity contribution in [1.29, 1.82) is 0 Å². The lowest BCUT2D eigenvalue weighted by atomic mass is 9.99. The molecule has 0 saturated carbocycles. The maximum atomic E-state index is 12.2. The number of carbonyl (C=O) groups excluding carboxylic acids is 1. The van der Waals surface area contributed by atoms with Gasteiger partial charge in [0.2, 0.25) is 11.7 Å². The average molecular weight is 302 g/mol. The van der Waals surface area contributed by atoms with Crippen LogP contribution < -0.4 is 5.32 Å². The number of hydrogen-bond donors (Lipinski definition) is 2. The van der Waals surface area contributed by atoms with Crippen molar-refractivity contribution in [3.8, 4) is 0 Å². The lowest BCUT2D eigenvalue weighted by molar-refractivity contribution is -0.122. The van der Waals surface area contributed by atoms with Gasteiger partial charge in [-0.15, -0.1) is 0 Å². The minimum atomic E-state index is -1.19. The normalized spacial score (nSPS) is 11.2. The number of carboxylic acid groups (broad SMARTS) is 1. The van der Waals surface area contributed by atoms with Crippen LogP contribution in [0.3, 0.4) is 0 Å². The highest BCUT2D eigenvalue weighted by molar-refractivity contribution is 5.84. The minimum Gasteiger partial charge on any atom is -0.475 e. The second-order valence-corrected chi connectivity index (χ2v) is 5.66. The summed E-state index contributed by atoms with van der Waals surface area (Å²) in [7, 11) is 0. The van der Waals surface area contributed by atoms with Crippen LogP contribution in [0, 0.1) is 6.92 Å². The number of aromatic carboxylic acids is 1. The molecule has 0 spiro atoms. The monoisotopic (exact) mass is 302 g/mol. The molecule has 0 aliphatic carbocycles. The van der Waals surface area contributed by atoms with E-state index in [-0.39, 0.29) is 18.1 Å². The third-order valence-corrected chi connectivity index (χ3v) is 3.43. The van der Waals surface area contributed by atoms with Crippen molar-refractivity contribution in [3.63, 3.8) is 0 Å². The summed E-state index contributed by atoms with van der Waals surface area (Å²) in [5, 5.41) is 15.4. The van der Waals surface area contributed by atoms with Gasteiger partial charge in [0, 0.05) is 6.07 Å². The Labute approximate surface area is 128 Å². The summed E-state index contributed by atoms with van der Waals surface area (Å²) in [6.45, 7) is 5.43. The predicted molar refractivity (Wildman–Crippen MR) is 79.5 cm³/mol. The van der Waals surface area contributed by atoms with Gasteiger partial charge in [-0.25, -0.2) is 4.79 Å². The van der Waals surface area contributed by atoms with E-state index < -0.39 is 11.5 Å². The highest BCUT2D eigenvalue weighted by Crippen LogP contribution is 2.20. The number of aromatic nitrogens is 1. The van der Waals surface area contributed by atoms with Gasteiger partial charge in [0.05, 0.1) is 12.0 Å². The van der Waals surface area contributed by atoms with Crippen molar-refractivity contribution in [1.82, 2.24) is 10.5 Å². The van der Waals surface area contributed by atoms with Crippen LogP contribution in [0.25, 0.3) is 0 Å². The molecule has 116 valence electrons. The molecule has 2 aromatic rings. The molecule has 6 heteroatoms. The number of nitrogens with zero attached hydrogens (tertiary/aromatic N) is 1.